The van der Waals surface area contributed by atoms with Gasteiger partial charge in [-0.25, -0.2) is 0 Å². The molecule has 0 aliphatic rings. The van der Waals surface area contributed by atoms with Gasteiger partial charge in [-0.1, -0.05) is 15.9 Å². The number of nitrogens with two attached hydrogens (primary N) is 2. The van der Waals surface area contributed by atoms with E-state index >= 15 is 0 Å². The van der Waals surface area contributed by atoms with Gasteiger partial charge in [-0.2, -0.15) is 0 Å². The van der Waals surface area contributed by atoms with Crippen LogP contribution in [-0.4, -0.2) is 19.1 Å². The number of hydrogen-bond acceptors (Lipinski definition) is 3. The molecule has 0 saturated heterocycles. The van der Waals surface area contributed by atoms with E-state index < -0.39 is 0 Å². The molecule has 1 rings (SSSR count). The van der Waals surface area contributed by atoms with Crippen molar-refractivity contribution in [2.75, 3.05) is 13.2 Å². The largest absolute Gasteiger partial charge is 0.492 e. The maximum Gasteiger partial charge on any atom is 0.208 e. The second-order valence-electron chi connectivity index (χ2n) is 2.75. The van der Waals surface area contributed by atoms with E-state index in [-0.39, 0.29) is 5.96 Å². The van der Waals surface area contributed by atoms with Gasteiger partial charge in [0.25, 0.3) is 0 Å². The monoisotopic (exact) mass is 272 g/mol. The maximum absolute atomic E-state index is 5.41. The summed E-state index contributed by atoms with van der Waals surface area (Å²) < 4.78 is 6.43. The van der Waals surface area contributed by atoms with E-state index in [4.69, 9.17) is 16.2 Å². The predicted molar refractivity (Wildman–Crippen MR) is 63.4 cm³/mol. The zero-order chi connectivity index (χ0) is 11.1. The van der Waals surface area contributed by atoms with Crippen molar-refractivity contribution in [2.45, 2.75) is 0 Å². The number of hydrazone groups is 1. The lowest BCUT2D eigenvalue weighted by Crippen LogP contribution is -2.27. The lowest BCUT2D eigenvalue weighted by Gasteiger charge is -2.05. The zero-order valence-corrected chi connectivity index (χ0v) is 9.70. The minimum atomic E-state index is 0.0126. The fourth-order valence-electron chi connectivity index (χ4n) is 0.893. The van der Waals surface area contributed by atoms with Crippen LogP contribution in [0.4, 0.5) is 0 Å². The minimum absolute atomic E-state index is 0.0126. The van der Waals surface area contributed by atoms with Crippen LogP contribution in [0.25, 0.3) is 0 Å². The molecule has 0 saturated carbocycles. The van der Waals surface area contributed by atoms with Crippen LogP contribution >= 0.6 is 15.9 Å². The second-order valence-corrected chi connectivity index (χ2v) is 3.66. The number of ether oxygens (including phenoxy) is 1. The van der Waals surface area contributed by atoms with Gasteiger partial charge in [0.2, 0.25) is 5.96 Å². The Morgan fingerprint density at radius 2 is 2.00 bits per heavy atom. The molecule has 5 nitrogen and oxygen atoms in total. The SMILES string of the molecule is NC(N)=NNCCOc1ccc(Br)cc1. The van der Waals surface area contributed by atoms with Gasteiger partial charge in [0.1, 0.15) is 12.4 Å². The van der Waals surface area contributed by atoms with E-state index in [9.17, 15) is 0 Å². The fraction of sp³-hybridized carbons (Fsp3) is 0.222. The molecular formula is C9H13BrN4O. The van der Waals surface area contributed by atoms with Crippen LogP contribution in [0.3, 0.4) is 0 Å². The first-order valence-corrected chi connectivity index (χ1v) is 5.17. The number of nitrogens with zero attached hydrogens (tertiary/aromatic N) is 1. The molecule has 0 radical (unpaired) electrons. The number of rotatable bonds is 5. The molecule has 15 heavy (non-hydrogen) atoms. The summed E-state index contributed by atoms with van der Waals surface area (Å²) in [7, 11) is 0. The van der Waals surface area contributed by atoms with Crippen molar-refractivity contribution in [1.82, 2.24) is 5.43 Å². The Balaban J connectivity index is 2.20. The third kappa shape index (κ3) is 5.11. The minimum Gasteiger partial charge on any atom is -0.492 e. The molecule has 0 amide bonds. The van der Waals surface area contributed by atoms with Crippen LogP contribution in [0.1, 0.15) is 0 Å². The molecule has 1 aromatic rings. The zero-order valence-electron chi connectivity index (χ0n) is 8.11. The summed E-state index contributed by atoms with van der Waals surface area (Å²) in [6, 6.07) is 7.59. The van der Waals surface area contributed by atoms with Crippen molar-refractivity contribution >= 4 is 21.9 Å². The second kappa shape index (κ2) is 6.13. The van der Waals surface area contributed by atoms with Gasteiger partial charge in [-0.3, -0.25) is 0 Å². The van der Waals surface area contributed by atoms with Crippen molar-refractivity contribution in [3.8, 4) is 5.75 Å². The standard InChI is InChI=1S/C9H13BrN4O/c10-7-1-3-8(4-2-7)15-6-5-13-14-9(11)12/h1-4,13H,5-6H2,(H4,11,12,14). The van der Waals surface area contributed by atoms with Crippen LogP contribution in [-0.2, 0) is 0 Å². The van der Waals surface area contributed by atoms with E-state index in [1.165, 1.54) is 0 Å². The number of hydrogen-bond donors (Lipinski definition) is 3. The summed E-state index contributed by atoms with van der Waals surface area (Å²) in [5.74, 6) is 0.823. The molecule has 0 aromatic heterocycles. The van der Waals surface area contributed by atoms with E-state index in [1.807, 2.05) is 24.3 Å². The van der Waals surface area contributed by atoms with Crippen LogP contribution in [0, 0.1) is 0 Å². The fourth-order valence-corrected chi connectivity index (χ4v) is 1.16. The molecule has 82 valence electrons. The molecule has 0 atom stereocenters. The molecule has 0 spiro atoms. The van der Waals surface area contributed by atoms with Gasteiger partial charge in [-0.15, -0.1) is 5.10 Å². The van der Waals surface area contributed by atoms with Crippen LogP contribution in [0.2, 0.25) is 0 Å². The van der Waals surface area contributed by atoms with Crippen LogP contribution in [0.5, 0.6) is 5.75 Å². The normalized spacial score (nSPS) is 9.40. The topological polar surface area (TPSA) is 85.7 Å². The Hall–Kier alpha value is -1.43. The predicted octanol–water partition coefficient (Wildman–Crippen LogP) is 0.606. The van der Waals surface area contributed by atoms with Crippen molar-refractivity contribution in [1.29, 1.82) is 0 Å². The molecule has 6 heteroatoms. The molecule has 5 N–H and O–H groups in total. The van der Waals surface area contributed by atoms with Gasteiger partial charge in [0.15, 0.2) is 0 Å². The van der Waals surface area contributed by atoms with E-state index in [0.717, 1.165) is 10.2 Å². The molecule has 0 heterocycles. The lowest BCUT2D eigenvalue weighted by atomic mass is 10.3. The van der Waals surface area contributed by atoms with E-state index in [1.54, 1.807) is 0 Å². The summed E-state index contributed by atoms with van der Waals surface area (Å²) in [5, 5.41) is 3.60. The van der Waals surface area contributed by atoms with Crippen molar-refractivity contribution < 1.29 is 4.74 Å². The van der Waals surface area contributed by atoms with Crippen molar-refractivity contribution in [2.24, 2.45) is 16.6 Å². The van der Waals surface area contributed by atoms with Crippen LogP contribution < -0.4 is 21.6 Å². The van der Waals surface area contributed by atoms with Crippen LogP contribution in [0.15, 0.2) is 33.8 Å². The third-order valence-corrected chi connectivity index (χ3v) is 2.03. The molecule has 1 aromatic carbocycles. The number of benzene rings is 1. The van der Waals surface area contributed by atoms with Gasteiger partial charge in [-0.05, 0) is 24.3 Å². The van der Waals surface area contributed by atoms with E-state index in [2.05, 4.69) is 26.5 Å². The highest BCUT2D eigenvalue weighted by Gasteiger charge is 1.92. The summed E-state index contributed by atoms with van der Waals surface area (Å²) in [6.07, 6.45) is 0. The number of guanidine groups is 1. The molecular weight excluding hydrogens is 260 g/mol. The molecule has 0 unspecified atom stereocenters. The molecule has 0 fully saturated rings. The first-order chi connectivity index (χ1) is 7.18. The Morgan fingerprint density at radius 3 is 2.60 bits per heavy atom. The summed E-state index contributed by atoms with van der Waals surface area (Å²) in [5.41, 5.74) is 12.9. The third-order valence-electron chi connectivity index (χ3n) is 1.50. The number of halogens is 1. The molecule has 0 aliphatic heterocycles. The van der Waals surface area contributed by atoms with Gasteiger partial charge in [0.05, 0.1) is 6.54 Å². The average molecular weight is 273 g/mol. The highest BCUT2D eigenvalue weighted by molar-refractivity contribution is 9.10. The Bertz CT molecular complexity index is 321. The van der Waals surface area contributed by atoms with Gasteiger partial charge < -0.3 is 21.6 Å². The smallest absolute Gasteiger partial charge is 0.208 e. The quantitative estimate of drug-likeness (QED) is 0.317. The molecule has 0 aliphatic carbocycles. The van der Waals surface area contributed by atoms with Gasteiger partial charge >= 0.3 is 0 Å². The summed E-state index contributed by atoms with van der Waals surface area (Å²) in [6.45, 7) is 1.05. The first-order valence-electron chi connectivity index (χ1n) is 4.38. The maximum atomic E-state index is 5.41. The highest BCUT2D eigenvalue weighted by Crippen LogP contribution is 2.15. The first kappa shape index (κ1) is 11.6. The lowest BCUT2D eigenvalue weighted by molar-refractivity contribution is 0.315. The van der Waals surface area contributed by atoms with Crippen molar-refractivity contribution in [3.05, 3.63) is 28.7 Å². The Labute approximate surface area is 96.6 Å². The van der Waals surface area contributed by atoms with Gasteiger partial charge in [0, 0.05) is 4.47 Å². The van der Waals surface area contributed by atoms with E-state index in [0.29, 0.717) is 13.2 Å². The average Bonchev–Trinajstić information content (AvgIpc) is 2.20. The molecule has 0 bridgehead atoms. The van der Waals surface area contributed by atoms with Crippen molar-refractivity contribution in [3.63, 3.8) is 0 Å². The Morgan fingerprint density at radius 1 is 1.33 bits per heavy atom. The highest BCUT2D eigenvalue weighted by atomic mass is 79.9. The Kier molecular flexibility index (Phi) is 4.76. The number of nitrogens with one attached hydrogen (secondary N) is 1. The summed E-state index contributed by atoms with van der Waals surface area (Å²) in [4.78, 5) is 0. The summed E-state index contributed by atoms with van der Waals surface area (Å²) >= 11 is 3.34.